The first-order valence-electron chi connectivity index (χ1n) is 7.24. The number of carboxylic acid groups (broad SMARTS) is 1. The third-order valence-corrected chi connectivity index (χ3v) is 3.72. The minimum Gasteiger partial charge on any atom is -0.543 e. The largest absolute Gasteiger partial charge is 0.543 e. The molecule has 1 heterocycles. The van der Waals surface area contributed by atoms with Crippen LogP contribution in [0.25, 0.3) is 6.08 Å². The van der Waals surface area contributed by atoms with Crippen LogP contribution < -0.4 is 14.6 Å². The molecule has 2 aromatic rings. The monoisotopic (exact) mass is 328 g/mol. The fraction of sp³-hybridized carbons (Fsp3) is 0.222. The fourth-order valence-electron chi connectivity index (χ4n) is 2.54. The van der Waals surface area contributed by atoms with Crippen LogP contribution >= 0.6 is 0 Å². The highest BCUT2D eigenvalue weighted by Gasteiger charge is 2.16. The van der Waals surface area contributed by atoms with E-state index in [0.717, 1.165) is 5.56 Å². The highest BCUT2D eigenvalue weighted by atomic mass is 16.5. The molecule has 0 fully saturated rings. The molecule has 1 aromatic heterocycles. The number of carbonyl (C=O) groups excluding carboxylic acids is 2. The average molecular weight is 328 g/mol. The van der Waals surface area contributed by atoms with Gasteiger partial charge in [0.1, 0.15) is 0 Å². The van der Waals surface area contributed by atoms with Crippen LogP contribution in [0.5, 0.6) is 11.5 Å². The number of H-pyrrole nitrogens is 1. The second-order valence-corrected chi connectivity index (χ2v) is 5.22. The maximum atomic E-state index is 12.4. The van der Waals surface area contributed by atoms with E-state index in [9.17, 15) is 14.7 Å². The third kappa shape index (κ3) is 3.32. The lowest BCUT2D eigenvalue weighted by molar-refractivity contribution is -0.255. The average Bonchev–Trinajstić information content (AvgIpc) is 2.87. The maximum Gasteiger partial charge on any atom is 0.187 e. The Morgan fingerprint density at radius 1 is 1.12 bits per heavy atom. The molecular formula is C18H18NO5-. The zero-order chi connectivity index (χ0) is 17.9. The number of ketones is 1. The summed E-state index contributed by atoms with van der Waals surface area (Å²) < 4.78 is 10.4. The van der Waals surface area contributed by atoms with E-state index in [1.54, 1.807) is 45.2 Å². The Morgan fingerprint density at radius 2 is 1.79 bits per heavy atom. The lowest BCUT2D eigenvalue weighted by Gasteiger charge is -2.07. The van der Waals surface area contributed by atoms with Crippen molar-refractivity contribution in [2.24, 2.45) is 0 Å². The molecule has 6 heteroatoms. The zero-order valence-corrected chi connectivity index (χ0v) is 13.9. The number of aryl methyl sites for hydroxylation is 1. The minimum absolute atomic E-state index is 0.0737. The molecule has 1 aromatic carbocycles. The van der Waals surface area contributed by atoms with Gasteiger partial charge in [-0.2, -0.15) is 0 Å². The first-order valence-corrected chi connectivity index (χ1v) is 7.24. The van der Waals surface area contributed by atoms with Gasteiger partial charge in [0.2, 0.25) is 0 Å². The number of nitrogens with one attached hydrogen (secondary N) is 1. The highest BCUT2D eigenvalue weighted by molar-refractivity contribution is 6.10. The minimum atomic E-state index is -1.33. The van der Waals surface area contributed by atoms with Crippen LogP contribution in [0.15, 0.2) is 24.3 Å². The van der Waals surface area contributed by atoms with Crippen molar-refractivity contribution in [2.75, 3.05) is 14.2 Å². The van der Waals surface area contributed by atoms with E-state index in [2.05, 4.69) is 4.98 Å². The molecule has 0 radical (unpaired) electrons. The van der Waals surface area contributed by atoms with Crippen LogP contribution in [0, 0.1) is 13.8 Å². The molecule has 0 aliphatic carbocycles. The van der Waals surface area contributed by atoms with Crippen molar-refractivity contribution in [3.63, 3.8) is 0 Å². The number of aromatic carboxylic acids is 1. The summed E-state index contributed by atoms with van der Waals surface area (Å²) in [5, 5.41) is 11.0. The Bertz CT molecular complexity index is 817. The number of hydrogen-bond donors (Lipinski definition) is 1. The number of aromatic amines is 1. The van der Waals surface area contributed by atoms with Gasteiger partial charge < -0.3 is 24.4 Å². The molecule has 0 saturated carbocycles. The van der Waals surface area contributed by atoms with E-state index in [-0.39, 0.29) is 11.5 Å². The van der Waals surface area contributed by atoms with Crippen molar-refractivity contribution in [3.8, 4) is 11.5 Å². The van der Waals surface area contributed by atoms with Gasteiger partial charge in [0.15, 0.2) is 17.3 Å². The maximum absolute atomic E-state index is 12.4. The first kappa shape index (κ1) is 17.3. The molecule has 0 aliphatic heterocycles. The van der Waals surface area contributed by atoms with E-state index < -0.39 is 5.97 Å². The second-order valence-electron chi connectivity index (χ2n) is 5.22. The SMILES string of the molecule is COc1ccc(/C=C/C(=O)c2c(C)[nH]c(C(=O)[O-])c2C)cc1OC. The Kier molecular flexibility index (Phi) is 5.08. The summed E-state index contributed by atoms with van der Waals surface area (Å²) in [4.78, 5) is 26.1. The lowest BCUT2D eigenvalue weighted by atomic mass is 10.0. The first-order chi connectivity index (χ1) is 11.4. The van der Waals surface area contributed by atoms with Gasteiger partial charge in [-0.3, -0.25) is 4.79 Å². The summed E-state index contributed by atoms with van der Waals surface area (Å²) in [6.07, 6.45) is 3.03. The summed E-state index contributed by atoms with van der Waals surface area (Å²) in [5.74, 6) is -0.473. The summed E-state index contributed by atoms with van der Waals surface area (Å²) in [6, 6.07) is 5.27. The molecule has 0 atom stereocenters. The van der Waals surface area contributed by atoms with Crippen LogP contribution in [-0.2, 0) is 0 Å². The van der Waals surface area contributed by atoms with Crippen LogP contribution in [-0.4, -0.2) is 31.0 Å². The van der Waals surface area contributed by atoms with Gasteiger partial charge in [-0.25, -0.2) is 0 Å². The van der Waals surface area contributed by atoms with Crippen molar-refractivity contribution in [2.45, 2.75) is 13.8 Å². The van der Waals surface area contributed by atoms with Crippen LogP contribution in [0.2, 0.25) is 0 Å². The molecule has 24 heavy (non-hydrogen) atoms. The molecule has 0 saturated heterocycles. The zero-order valence-electron chi connectivity index (χ0n) is 13.9. The van der Waals surface area contributed by atoms with Gasteiger partial charge in [0.05, 0.1) is 25.9 Å². The van der Waals surface area contributed by atoms with Crippen LogP contribution in [0.1, 0.15) is 37.7 Å². The molecule has 1 N–H and O–H groups in total. The van der Waals surface area contributed by atoms with Gasteiger partial charge in [-0.1, -0.05) is 12.1 Å². The topological polar surface area (TPSA) is 91.5 Å². The van der Waals surface area contributed by atoms with E-state index >= 15 is 0 Å². The molecule has 0 spiro atoms. The molecule has 2 rings (SSSR count). The molecule has 126 valence electrons. The molecule has 0 bridgehead atoms. The number of aromatic nitrogens is 1. The van der Waals surface area contributed by atoms with Gasteiger partial charge in [-0.15, -0.1) is 0 Å². The van der Waals surface area contributed by atoms with Crippen molar-refractivity contribution < 1.29 is 24.2 Å². The van der Waals surface area contributed by atoms with Crippen molar-refractivity contribution in [1.29, 1.82) is 0 Å². The van der Waals surface area contributed by atoms with E-state index in [1.165, 1.54) is 13.2 Å². The van der Waals surface area contributed by atoms with Gasteiger partial charge >= 0.3 is 0 Å². The number of carbonyl (C=O) groups is 2. The fourth-order valence-corrected chi connectivity index (χ4v) is 2.54. The summed E-state index contributed by atoms with van der Waals surface area (Å²) in [7, 11) is 3.08. The van der Waals surface area contributed by atoms with Crippen molar-refractivity contribution in [1.82, 2.24) is 4.98 Å². The number of benzene rings is 1. The molecular weight excluding hydrogens is 310 g/mol. The number of methoxy groups -OCH3 is 2. The standard InChI is InChI=1S/C18H19NO5/c1-10-16(11(2)19-17(10)18(21)22)13(20)7-5-12-6-8-14(23-3)15(9-12)24-4/h5-9,19H,1-4H3,(H,21,22)/p-1/b7-5+. The van der Waals surface area contributed by atoms with Crippen molar-refractivity contribution in [3.05, 3.63) is 52.4 Å². The van der Waals surface area contributed by atoms with E-state index in [4.69, 9.17) is 9.47 Å². The Balaban J connectivity index is 2.30. The molecule has 0 aliphatic rings. The highest BCUT2D eigenvalue weighted by Crippen LogP contribution is 2.28. The second kappa shape index (κ2) is 7.04. The predicted molar refractivity (Wildman–Crippen MR) is 87.5 cm³/mol. The number of hydrogen-bond acceptors (Lipinski definition) is 5. The van der Waals surface area contributed by atoms with Crippen LogP contribution in [0.4, 0.5) is 0 Å². The summed E-state index contributed by atoms with van der Waals surface area (Å²) in [5.41, 5.74) is 1.89. The number of rotatable bonds is 6. The molecule has 0 unspecified atom stereocenters. The van der Waals surface area contributed by atoms with Gasteiger partial charge in [0.25, 0.3) is 0 Å². The number of allylic oxidation sites excluding steroid dienone is 1. The summed E-state index contributed by atoms with van der Waals surface area (Å²) >= 11 is 0. The smallest absolute Gasteiger partial charge is 0.187 e. The van der Waals surface area contributed by atoms with Gasteiger partial charge in [-0.05, 0) is 43.2 Å². The molecule has 0 amide bonds. The van der Waals surface area contributed by atoms with E-state index in [1.807, 2.05) is 0 Å². The normalized spacial score (nSPS) is 10.8. The number of carboxylic acids is 1. The Morgan fingerprint density at radius 3 is 2.33 bits per heavy atom. The quantitative estimate of drug-likeness (QED) is 0.646. The third-order valence-electron chi connectivity index (χ3n) is 3.72. The summed E-state index contributed by atoms with van der Waals surface area (Å²) in [6.45, 7) is 3.23. The van der Waals surface area contributed by atoms with Crippen molar-refractivity contribution >= 4 is 17.8 Å². The number of ether oxygens (including phenoxy) is 2. The van der Waals surface area contributed by atoms with E-state index in [0.29, 0.717) is 28.3 Å². The van der Waals surface area contributed by atoms with Gasteiger partial charge in [0, 0.05) is 11.3 Å². The Labute approximate surface area is 139 Å². The molecule has 6 nitrogen and oxygen atoms in total. The predicted octanol–water partition coefficient (Wildman–Crippen LogP) is 1.91. The lowest BCUT2D eigenvalue weighted by Crippen LogP contribution is -2.23. The Hall–Kier alpha value is -3.02. The van der Waals surface area contributed by atoms with Crippen LogP contribution in [0.3, 0.4) is 0 Å².